The van der Waals surface area contributed by atoms with Crippen molar-refractivity contribution in [2.24, 2.45) is 0 Å². The molecular weight excluding hydrogens is 307 g/mol. The van der Waals surface area contributed by atoms with Crippen molar-refractivity contribution in [3.8, 4) is 0 Å². The van der Waals surface area contributed by atoms with Crippen LogP contribution in [0.1, 0.15) is 33.1 Å². The molecule has 0 radical (unpaired) electrons. The van der Waals surface area contributed by atoms with Gasteiger partial charge in [0.15, 0.2) is 6.20 Å². The van der Waals surface area contributed by atoms with Crippen molar-refractivity contribution < 1.29 is 29.7 Å². The Kier molecular flexibility index (Phi) is 5.89. The van der Waals surface area contributed by atoms with E-state index in [1.165, 1.54) is 12.8 Å². The summed E-state index contributed by atoms with van der Waals surface area (Å²) in [5.74, 6) is 0. The third-order valence-corrected chi connectivity index (χ3v) is 2.01. The maximum absolute atomic E-state index is 10.7. The molecule has 0 aliphatic heterocycles. The molecule has 0 aromatic carbocycles. The molecule has 20 heavy (non-hydrogen) atoms. The first-order valence-corrected chi connectivity index (χ1v) is 8.22. The number of aromatic nitrogens is 2. The quantitative estimate of drug-likeness (QED) is 0.447. The predicted molar refractivity (Wildman–Crippen MR) is 67.6 cm³/mol. The normalized spacial score (nSPS) is 14.8. The van der Waals surface area contributed by atoms with E-state index in [1.54, 1.807) is 0 Å². The van der Waals surface area contributed by atoms with Gasteiger partial charge in [-0.15, -0.1) is 4.68 Å². The summed E-state index contributed by atoms with van der Waals surface area (Å²) in [4.78, 5) is 0. The number of aryl methyl sites for hydroxylation is 1. The Hall–Kier alpha value is -0.980. The summed E-state index contributed by atoms with van der Waals surface area (Å²) in [7, 11) is -10.7. The molecule has 3 nitrogen and oxygen atoms in total. The SMILES string of the molecule is CCCC[n+]1ccn(NCCC)c1.F[P-](F)(F)(F)(F)F. The molecular formula is C10H20F6N3P. The second-order valence-electron chi connectivity index (χ2n) is 4.28. The molecule has 1 N–H and O–H groups in total. The van der Waals surface area contributed by atoms with E-state index in [-0.39, 0.29) is 0 Å². The fourth-order valence-corrected chi connectivity index (χ4v) is 1.20. The number of nitrogens with one attached hydrogen (secondary N) is 1. The first kappa shape index (κ1) is 19.0. The summed E-state index contributed by atoms with van der Waals surface area (Å²) in [5, 5.41) is 0. The van der Waals surface area contributed by atoms with Crippen molar-refractivity contribution in [3.63, 3.8) is 0 Å². The number of imidazole rings is 1. The van der Waals surface area contributed by atoms with E-state index < -0.39 is 7.81 Å². The van der Waals surface area contributed by atoms with Crippen LogP contribution in [0.25, 0.3) is 0 Å². The van der Waals surface area contributed by atoms with Crippen LogP contribution in [0.15, 0.2) is 18.7 Å². The standard InChI is InChI=1S/C10H20N3.F6P/c1-3-5-7-12-8-9-13(10-12)11-6-4-2;1-7(2,3,4,5)6/h8-11H,3-7H2,1-2H3;/q+1;-1. The Bertz CT molecular complexity index is 365. The monoisotopic (exact) mass is 327 g/mol. The van der Waals surface area contributed by atoms with Gasteiger partial charge in [0.05, 0.1) is 13.1 Å². The fraction of sp³-hybridized carbons (Fsp3) is 0.700. The molecule has 0 unspecified atom stereocenters. The van der Waals surface area contributed by atoms with Gasteiger partial charge in [0.2, 0.25) is 0 Å². The average Bonchev–Trinajstić information content (AvgIpc) is 2.67. The van der Waals surface area contributed by atoms with Crippen molar-refractivity contribution in [3.05, 3.63) is 18.7 Å². The molecule has 0 saturated carbocycles. The number of halogens is 6. The predicted octanol–water partition coefficient (Wildman–Crippen LogP) is 4.91. The van der Waals surface area contributed by atoms with E-state index in [0.29, 0.717) is 0 Å². The summed E-state index contributed by atoms with van der Waals surface area (Å²) in [6, 6.07) is 0. The second kappa shape index (κ2) is 6.20. The number of unbranched alkanes of at least 4 members (excludes halogenated alkanes) is 1. The number of rotatable bonds is 6. The van der Waals surface area contributed by atoms with Gasteiger partial charge in [0.1, 0.15) is 6.20 Å². The summed E-state index contributed by atoms with van der Waals surface area (Å²) in [6.45, 7) is 6.54. The molecule has 1 aromatic heterocycles. The van der Waals surface area contributed by atoms with Gasteiger partial charge in [-0.2, -0.15) is 0 Å². The van der Waals surface area contributed by atoms with Gasteiger partial charge in [-0.25, -0.2) is 4.57 Å². The molecule has 0 saturated heterocycles. The number of hydrogen-bond acceptors (Lipinski definition) is 1. The van der Waals surface area contributed by atoms with Crippen molar-refractivity contribution in [1.82, 2.24) is 4.68 Å². The molecule has 0 amide bonds. The molecule has 0 bridgehead atoms. The first-order chi connectivity index (χ1) is 8.81. The van der Waals surface area contributed by atoms with Crippen molar-refractivity contribution in [2.45, 2.75) is 39.7 Å². The fourth-order valence-electron chi connectivity index (χ4n) is 1.20. The molecule has 10 heteroatoms. The molecule has 0 aliphatic carbocycles. The maximum atomic E-state index is 9.87. The third-order valence-electron chi connectivity index (χ3n) is 2.01. The zero-order valence-electron chi connectivity index (χ0n) is 11.4. The summed E-state index contributed by atoms with van der Waals surface area (Å²) in [6.07, 6.45) is 9.94. The molecule has 1 aromatic rings. The van der Waals surface area contributed by atoms with Gasteiger partial charge in [-0.05, 0) is 12.8 Å². The Balaban J connectivity index is 0.000000441. The zero-order chi connectivity index (χ0) is 15.9. The van der Waals surface area contributed by atoms with Crippen LogP contribution in [-0.4, -0.2) is 11.2 Å². The van der Waals surface area contributed by atoms with Gasteiger partial charge in [-0.3, -0.25) is 5.43 Å². The van der Waals surface area contributed by atoms with E-state index >= 15 is 0 Å². The van der Waals surface area contributed by atoms with Crippen molar-refractivity contribution in [1.29, 1.82) is 0 Å². The first-order valence-electron chi connectivity index (χ1n) is 6.19. The number of nitrogens with zero attached hydrogens (tertiary/aromatic N) is 2. The van der Waals surface area contributed by atoms with Crippen LogP contribution < -0.4 is 9.99 Å². The van der Waals surface area contributed by atoms with Gasteiger partial charge in [-0.1, -0.05) is 20.3 Å². The van der Waals surface area contributed by atoms with Crippen LogP contribution in [0.2, 0.25) is 0 Å². The van der Waals surface area contributed by atoms with E-state index in [4.69, 9.17) is 0 Å². The molecule has 0 spiro atoms. The van der Waals surface area contributed by atoms with Gasteiger partial charge < -0.3 is 0 Å². The van der Waals surface area contributed by atoms with Gasteiger partial charge >= 0.3 is 33.0 Å². The van der Waals surface area contributed by atoms with Gasteiger partial charge in [0.25, 0.3) is 6.33 Å². The zero-order valence-corrected chi connectivity index (χ0v) is 12.3. The van der Waals surface area contributed by atoms with Crippen LogP contribution in [0, 0.1) is 0 Å². The third kappa shape index (κ3) is 17.0. The molecule has 1 heterocycles. The summed E-state index contributed by atoms with van der Waals surface area (Å²) in [5.41, 5.74) is 3.29. The minimum absolute atomic E-state index is 1.03. The van der Waals surface area contributed by atoms with E-state index in [9.17, 15) is 25.2 Å². The minimum atomic E-state index is -10.7. The Morgan fingerprint density at radius 3 is 2.05 bits per heavy atom. The van der Waals surface area contributed by atoms with E-state index in [1.807, 2.05) is 4.68 Å². The molecule has 0 aliphatic rings. The van der Waals surface area contributed by atoms with Crippen LogP contribution in [0.4, 0.5) is 25.2 Å². The van der Waals surface area contributed by atoms with Crippen LogP contribution in [0.5, 0.6) is 0 Å². The Labute approximate surface area is 113 Å². The molecule has 1 rings (SSSR count). The number of hydrogen-bond donors (Lipinski definition) is 1. The Morgan fingerprint density at radius 2 is 1.60 bits per heavy atom. The topological polar surface area (TPSA) is 20.8 Å². The van der Waals surface area contributed by atoms with E-state index in [2.05, 4.69) is 42.6 Å². The second-order valence-corrected chi connectivity index (χ2v) is 6.20. The van der Waals surface area contributed by atoms with Crippen LogP contribution in [0.3, 0.4) is 0 Å². The average molecular weight is 327 g/mol. The molecule has 122 valence electrons. The van der Waals surface area contributed by atoms with E-state index in [0.717, 1.165) is 19.5 Å². The van der Waals surface area contributed by atoms with Gasteiger partial charge in [0, 0.05) is 0 Å². The summed E-state index contributed by atoms with van der Waals surface area (Å²) >= 11 is 0. The summed E-state index contributed by atoms with van der Waals surface area (Å²) < 4.78 is 63.4. The molecule has 0 fully saturated rings. The van der Waals surface area contributed by atoms with Crippen molar-refractivity contribution >= 4 is 7.81 Å². The van der Waals surface area contributed by atoms with Crippen molar-refractivity contribution in [2.75, 3.05) is 12.0 Å². The Morgan fingerprint density at radius 1 is 1.05 bits per heavy atom. The molecule has 0 atom stereocenters. The van der Waals surface area contributed by atoms with Crippen LogP contribution in [-0.2, 0) is 6.54 Å². The van der Waals surface area contributed by atoms with Crippen LogP contribution >= 0.6 is 7.81 Å².